The molecular weight excluding hydrogens is 504 g/mol. The number of aliphatic hydroxyl groups excluding tert-OH is 1. The van der Waals surface area contributed by atoms with Crippen LogP contribution in [-0.4, -0.2) is 35.0 Å². The molecule has 0 radical (unpaired) electrons. The van der Waals surface area contributed by atoms with Crippen molar-refractivity contribution < 1.29 is 28.6 Å². The van der Waals surface area contributed by atoms with E-state index in [4.69, 9.17) is 18.9 Å². The van der Waals surface area contributed by atoms with Gasteiger partial charge in [-0.2, -0.15) is 0 Å². The minimum Gasteiger partial charge on any atom is -0.503 e. The van der Waals surface area contributed by atoms with Gasteiger partial charge in [0.2, 0.25) is 5.78 Å². The fraction of sp³-hybridized carbons (Fsp3) is 0.276. The summed E-state index contributed by atoms with van der Waals surface area (Å²) < 4.78 is 17.9. The van der Waals surface area contributed by atoms with Gasteiger partial charge in [0.25, 0.3) is 5.91 Å². The van der Waals surface area contributed by atoms with Crippen LogP contribution in [0.1, 0.15) is 53.6 Å². The number of hydrogen-bond donors (Lipinski definition) is 1. The molecule has 3 heterocycles. The first-order valence-electron chi connectivity index (χ1n) is 12.5. The summed E-state index contributed by atoms with van der Waals surface area (Å²) >= 11 is 1.33. The van der Waals surface area contributed by atoms with Crippen LogP contribution >= 0.6 is 11.3 Å². The SMILES string of the molecule is CCCOc1ccc(C2C(C(=O)c3ccco3)=C(O)C(=O)N2c2nc3c(C)cc(C)cc3s2)cc1OCC. The highest BCUT2D eigenvalue weighted by atomic mass is 32.1. The number of aromatic nitrogens is 1. The number of ether oxygens (including phenoxy) is 2. The third-order valence-corrected chi connectivity index (χ3v) is 7.27. The van der Waals surface area contributed by atoms with Crippen molar-refractivity contribution in [3.63, 3.8) is 0 Å². The average molecular weight is 533 g/mol. The largest absolute Gasteiger partial charge is 0.503 e. The minimum absolute atomic E-state index is 0.0231. The number of carbonyl (C=O) groups is 2. The van der Waals surface area contributed by atoms with Crippen LogP contribution in [0, 0.1) is 13.8 Å². The smallest absolute Gasteiger partial charge is 0.296 e. The van der Waals surface area contributed by atoms with E-state index < -0.39 is 23.5 Å². The summed E-state index contributed by atoms with van der Waals surface area (Å²) in [4.78, 5) is 33.3. The molecule has 2 aromatic heterocycles. The van der Waals surface area contributed by atoms with Crippen molar-refractivity contribution in [3.05, 3.63) is 82.5 Å². The number of ketones is 1. The van der Waals surface area contributed by atoms with E-state index in [0.717, 1.165) is 27.8 Å². The van der Waals surface area contributed by atoms with Gasteiger partial charge in [0.1, 0.15) is 0 Å². The Labute approximate surface area is 224 Å². The van der Waals surface area contributed by atoms with E-state index in [2.05, 4.69) is 0 Å². The summed E-state index contributed by atoms with van der Waals surface area (Å²) in [5.74, 6) is -0.847. The van der Waals surface area contributed by atoms with Crippen LogP contribution in [0.2, 0.25) is 0 Å². The highest BCUT2D eigenvalue weighted by Gasteiger charge is 2.46. The molecule has 2 aromatic carbocycles. The van der Waals surface area contributed by atoms with E-state index in [0.29, 0.717) is 35.4 Å². The summed E-state index contributed by atoms with van der Waals surface area (Å²) in [6.45, 7) is 8.76. The van der Waals surface area contributed by atoms with Crippen LogP contribution < -0.4 is 14.4 Å². The lowest BCUT2D eigenvalue weighted by atomic mass is 9.95. The Kier molecular flexibility index (Phi) is 6.94. The van der Waals surface area contributed by atoms with Gasteiger partial charge in [-0.3, -0.25) is 14.5 Å². The fourth-order valence-corrected chi connectivity index (χ4v) is 5.82. The molecular formula is C29H28N2O6S. The lowest BCUT2D eigenvalue weighted by Gasteiger charge is -2.25. The molecule has 4 aromatic rings. The molecule has 1 N–H and O–H groups in total. The number of aryl methyl sites for hydroxylation is 2. The number of amides is 1. The Bertz CT molecular complexity index is 1550. The summed E-state index contributed by atoms with van der Waals surface area (Å²) in [6.07, 6.45) is 2.20. The molecule has 0 saturated carbocycles. The van der Waals surface area contributed by atoms with Gasteiger partial charge >= 0.3 is 0 Å². The molecule has 0 aliphatic carbocycles. The number of thiazole rings is 1. The van der Waals surface area contributed by atoms with Gasteiger partial charge in [-0.15, -0.1) is 0 Å². The molecule has 9 heteroatoms. The Balaban J connectivity index is 1.68. The van der Waals surface area contributed by atoms with Crippen molar-refractivity contribution in [3.8, 4) is 11.5 Å². The van der Waals surface area contributed by atoms with Gasteiger partial charge in [-0.25, -0.2) is 4.98 Å². The van der Waals surface area contributed by atoms with E-state index in [1.54, 1.807) is 24.3 Å². The second-order valence-corrected chi connectivity index (χ2v) is 10.1. The first-order valence-corrected chi connectivity index (χ1v) is 13.3. The predicted molar refractivity (Wildman–Crippen MR) is 145 cm³/mol. The second-order valence-electron chi connectivity index (χ2n) is 9.06. The fourth-order valence-electron chi connectivity index (χ4n) is 4.65. The van der Waals surface area contributed by atoms with E-state index in [1.807, 2.05) is 39.8 Å². The molecule has 1 atom stereocenters. The monoisotopic (exact) mass is 532 g/mol. The third kappa shape index (κ3) is 4.43. The van der Waals surface area contributed by atoms with Gasteiger partial charge < -0.3 is 19.0 Å². The number of nitrogens with zero attached hydrogens (tertiary/aromatic N) is 2. The van der Waals surface area contributed by atoms with E-state index >= 15 is 0 Å². The van der Waals surface area contributed by atoms with Gasteiger partial charge in [-0.1, -0.05) is 30.4 Å². The maximum Gasteiger partial charge on any atom is 0.296 e. The lowest BCUT2D eigenvalue weighted by Crippen LogP contribution is -2.31. The van der Waals surface area contributed by atoms with Crippen LogP contribution in [0.25, 0.3) is 10.2 Å². The van der Waals surface area contributed by atoms with E-state index in [9.17, 15) is 14.7 Å². The molecule has 1 amide bonds. The summed E-state index contributed by atoms with van der Waals surface area (Å²) in [5, 5.41) is 11.4. The summed E-state index contributed by atoms with van der Waals surface area (Å²) in [5.41, 5.74) is 3.31. The number of benzene rings is 2. The van der Waals surface area contributed by atoms with Crippen LogP contribution in [0.15, 0.2) is 64.5 Å². The molecule has 0 fully saturated rings. The predicted octanol–water partition coefficient (Wildman–Crippen LogP) is 6.48. The molecule has 1 aliphatic heterocycles. The van der Waals surface area contributed by atoms with Crippen molar-refractivity contribution in [2.45, 2.75) is 40.2 Å². The van der Waals surface area contributed by atoms with E-state index in [1.165, 1.54) is 28.6 Å². The van der Waals surface area contributed by atoms with Crippen molar-refractivity contribution >= 4 is 38.4 Å². The lowest BCUT2D eigenvalue weighted by molar-refractivity contribution is -0.117. The number of hydrogen-bond acceptors (Lipinski definition) is 8. The van der Waals surface area contributed by atoms with Crippen LogP contribution in [0.3, 0.4) is 0 Å². The molecule has 0 spiro atoms. The second kappa shape index (κ2) is 10.3. The molecule has 38 heavy (non-hydrogen) atoms. The molecule has 1 unspecified atom stereocenters. The zero-order valence-corrected chi connectivity index (χ0v) is 22.4. The molecule has 5 rings (SSSR count). The number of fused-ring (bicyclic) bond motifs is 1. The minimum atomic E-state index is -0.957. The maximum absolute atomic E-state index is 13.6. The van der Waals surface area contributed by atoms with Gasteiger partial charge in [0, 0.05) is 0 Å². The Morgan fingerprint density at radius 2 is 1.95 bits per heavy atom. The summed E-state index contributed by atoms with van der Waals surface area (Å²) in [6, 6.07) is 11.4. The van der Waals surface area contributed by atoms with Gasteiger partial charge in [0.15, 0.2) is 28.1 Å². The summed E-state index contributed by atoms with van der Waals surface area (Å²) in [7, 11) is 0. The normalized spacial score (nSPS) is 15.5. The average Bonchev–Trinajstić information content (AvgIpc) is 3.62. The van der Waals surface area contributed by atoms with Crippen molar-refractivity contribution in [1.82, 2.24) is 4.98 Å². The number of carbonyl (C=O) groups excluding carboxylic acids is 2. The van der Waals surface area contributed by atoms with Crippen molar-refractivity contribution in [2.24, 2.45) is 0 Å². The molecule has 0 saturated heterocycles. The Morgan fingerprint density at radius 3 is 2.66 bits per heavy atom. The van der Waals surface area contributed by atoms with Crippen LogP contribution in [0.5, 0.6) is 11.5 Å². The third-order valence-electron chi connectivity index (χ3n) is 6.27. The highest BCUT2D eigenvalue weighted by molar-refractivity contribution is 7.22. The number of furan rings is 1. The number of anilines is 1. The van der Waals surface area contributed by atoms with Gasteiger partial charge in [0.05, 0.1) is 41.3 Å². The van der Waals surface area contributed by atoms with Gasteiger partial charge in [-0.05, 0) is 74.2 Å². The molecule has 0 bridgehead atoms. The Hall–Kier alpha value is -4.11. The quantitative estimate of drug-likeness (QED) is 0.246. The van der Waals surface area contributed by atoms with Crippen molar-refractivity contribution in [2.75, 3.05) is 18.1 Å². The molecule has 8 nitrogen and oxygen atoms in total. The van der Waals surface area contributed by atoms with Crippen molar-refractivity contribution in [1.29, 1.82) is 0 Å². The van der Waals surface area contributed by atoms with Crippen LogP contribution in [-0.2, 0) is 4.79 Å². The topological polar surface area (TPSA) is 102 Å². The first-order chi connectivity index (χ1) is 18.3. The highest BCUT2D eigenvalue weighted by Crippen LogP contribution is 2.46. The number of rotatable bonds is 9. The van der Waals surface area contributed by atoms with E-state index in [-0.39, 0.29) is 11.3 Å². The zero-order chi connectivity index (χ0) is 27.0. The zero-order valence-electron chi connectivity index (χ0n) is 21.6. The number of Topliss-reactive ketones (excluding diaryl/α,β-unsaturated/α-hetero) is 1. The first kappa shape index (κ1) is 25.5. The maximum atomic E-state index is 13.6. The standard InChI is InChI=1S/C29H28N2O6S/c1-5-11-36-19-10-9-18(15-21(19)35-6-2)25-23(26(32)20-8-7-12-37-20)27(33)28(34)31(25)29-30-24-17(4)13-16(3)14-22(24)38-29/h7-10,12-15,25,33H,5-6,11H2,1-4H3. The molecule has 196 valence electrons. The van der Waals surface area contributed by atoms with Crippen LogP contribution in [0.4, 0.5) is 5.13 Å². The number of aliphatic hydroxyl groups is 1. The Morgan fingerprint density at radius 1 is 1.13 bits per heavy atom. The molecule has 1 aliphatic rings.